The summed E-state index contributed by atoms with van der Waals surface area (Å²) in [5.41, 5.74) is 4.84. The highest BCUT2D eigenvalue weighted by Gasteiger charge is 2.22. The molecule has 0 atom stereocenters. The predicted molar refractivity (Wildman–Crippen MR) is 95.6 cm³/mol. The van der Waals surface area contributed by atoms with Crippen molar-refractivity contribution >= 4 is 59.5 Å². The molecule has 0 unspecified atom stereocenters. The van der Waals surface area contributed by atoms with E-state index in [1.54, 1.807) is 0 Å². The lowest BCUT2D eigenvalue weighted by atomic mass is 10.0. The highest BCUT2D eigenvalue weighted by molar-refractivity contribution is 7.23. The molecule has 5 rings (SSSR count). The van der Waals surface area contributed by atoms with Crippen molar-refractivity contribution in [2.45, 2.75) is 6.92 Å². The Morgan fingerprint density at radius 3 is 3.00 bits per heavy atom. The molecule has 0 aliphatic rings. The molecule has 0 radical (unpaired) electrons. The van der Waals surface area contributed by atoms with E-state index in [0.717, 1.165) is 32.2 Å². The molecule has 0 saturated carbocycles. The number of thiophene rings is 1. The van der Waals surface area contributed by atoms with Gasteiger partial charge in [0.2, 0.25) is 5.52 Å². The maximum Gasteiger partial charge on any atom is 0.285 e. The molecule has 0 amide bonds. The lowest BCUT2D eigenvalue weighted by Gasteiger charge is -2.11. The number of fused-ring (bicyclic) bond motifs is 3. The molecule has 4 heterocycles. The summed E-state index contributed by atoms with van der Waals surface area (Å²) in [4.78, 5) is 8.96. The summed E-state index contributed by atoms with van der Waals surface area (Å²) in [6.45, 7) is 9.58. The molecule has 6 heteroatoms. The molecule has 0 aliphatic carbocycles. The van der Waals surface area contributed by atoms with Crippen molar-refractivity contribution in [2.24, 2.45) is 14.1 Å². The third-order valence-electron chi connectivity index (χ3n) is 4.73. The van der Waals surface area contributed by atoms with Gasteiger partial charge in [0.15, 0.2) is 11.8 Å². The molecule has 5 aromatic rings. The van der Waals surface area contributed by atoms with Crippen LogP contribution in [0.15, 0.2) is 29.1 Å². The Kier molecular flexibility index (Phi) is 2.44. The van der Waals surface area contributed by atoms with Crippen LogP contribution < -0.4 is 4.57 Å². The Hall–Kier alpha value is -2.91. The minimum atomic E-state index is 0.556. The fourth-order valence-electron chi connectivity index (χ4n) is 3.57. The van der Waals surface area contributed by atoms with Crippen molar-refractivity contribution < 1.29 is 8.98 Å². The van der Waals surface area contributed by atoms with Crippen LogP contribution in [0.3, 0.4) is 0 Å². The van der Waals surface area contributed by atoms with Crippen LogP contribution in [0.2, 0.25) is 0 Å². The van der Waals surface area contributed by atoms with E-state index in [2.05, 4.69) is 39.6 Å². The summed E-state index contributed by atoms with van der Waals surface area (Å²) in [7, 11) is 4.02. The summed E-state index contributed by atoms with van der Waals surface area (Å²) in [5, 5.41) is 3.81. The number of aryl methyl sites for hydroxylation is 3. The van der Waals surface area contributed by atoms with Crippen molar-refractivity contribution in [1.29, 1.82) is 0 Å². The molecule has 24 heavy (non-hydrogen) atoms. The monoisotopic (exact) mass is 333 g/mol. The number of benzene rings is 1. The van der Waals surface area contributed by atoms with Crippen molar-refractivity contribution in [3.8, 4) is 0 Å². The van der Waals surface area contributed by atoms with Gasteiger partial charge in [0.25, 0.3) is 5.00 Å². The minimum Gasteiger partial charge on any atom is -0.466 e. The Balaban J connectivity index is 2.19. The van der Waals surface area contributed by atoms with Crippen LogP contribution in [0.1, 0.15) is 5.56 Å². The molecule has 0 saturated heterocycles. The van der Waals surface area contributed by atoms with E-state index in [1.807, 2.05) is 25.0 Å². The van der Waals surface area contributed by atoms with Gasteiger partial charge in [-0.05, 0) is 12.5 Å². The molecule has 0 bridgehead atoms. The van der Waals surface area contributed by atoms with Crippen LogP contribution in [-0.4, -0.2) is 9.55 Å². The van der Waals surface area contributed by atoms with Gasteiger partial charge in [0.1, 0.15) is 17.5 Å². The van der Waals surface area contributed by atoms with Crippen molar-refractivity contribution in [3.05, 3.63) is 41.6 Å². The van der Waals surface area contributed by atoms with E-state index in [4.69, 9.17) is 11.0 Å². The molecule has 1 aromatic carbocycles. The largest absolute Gasteiger partial charge is 0.466 e. The summed E-state index contributed by atoms with van der Waals surface area (Å²) in [5.74, 6) is 0. The molecule has 0 aliphatic heterocycles. The van der Waals surface area contributed by atoms with Crippen LogP contribution in [0.25, 0.3) is 48.0 Å². The van der Waals surface area contributed by atoms with Crippen molar-refractivity contribution in [1.82, 2.24) is 9.55 Å². The first-order valence-corrected chi connectivity index (χ1v) is 8.37. The Morgan fingerprint density at radius 2 is 2.21 bits per heavy atom. The lowest BCUT2D eigenvalue weighted by Crippen LogP contribution is -2.24. The first-order chi connectivity index (χ1) is 11.6. The van der Waals surface area contributed by atoms with Crippen molar-refractivity contribution in [2.75, 3.05) is 0 Å². The second kappa shape index (κ2) is 4.34. The molecule has 0 fully saturated rings. The van der Waals surface area contributed by atoms with Gasteiger partial charge >= 0.3 is 0 Å². The number of rotatable bonds is 0. The molecule has 5 nitrogen and oxygen atoms in total. The lowest BCUT2D eigenvalue weighted by molar-refractivity contribution is -0.642. The van der Waals surface area contributed by atoms with Crippen LogP contribution in [-0.2, 0) is 14.1 Å². The van der Waals surface area contributed by atoms with E-state index < -0.39 is 0 Å². The van der Waals surface area contributed by atoms with Crippen LogP contribution >= 0.6 is 11.3 Å². The van der Waals surface area contributed by atoms with Crippen molar-refractivity contribution in [3.63, 3.8) is 0 Å². The SMILES string of the molecule is [C-]#[N+]c1sc2ncn(C)c3c4c(C)c5cc[n+](C)c5cc4oc1c23. The summed E-state index contributed by atoms with van der Waals surface area (Å²) in [6, 6.07) is 4.20. The van der Waals surface area contributed by atoms with Crippen LogP contribution in [0.5, 0.6) is 0 Å². The second-order valence-electron chi connectivity index (χ2n) is 6.07. The normalized spacial score (nSPS) is 11.9. The fraction of sp³-hybridized carbons (Fsp3) is 0.167. The first kappa shape index (κ1) is 13.5. The van der Waals surface area contributed by atoms with Gasteiger partial charge in [-0.1, -0.05) is 0 Å². The smallest absolute Gasteiger partial charge is 0.285 e. The second-order valence-corrected chi connectivity index (χ2v) is 7.05. The van der Waals surface area contributed by atoms with Gasteiger partial charge in [-0.15, -0.1) is 11.3 Å². The Labute approximate surface area is 141 Å². The number of hydrogen-bond donors (Lipinski definition) is 0. The van der Waals surface area contributed by atoms with E-state index >= 15 is 0 Å². The standard InChI is InChI=1S/C18H13N4OS/c1-9-10-5-6-21(3)11(10)7-12-13(9)15-14-16(23-12)18(19-2)24-17(14)20-8-22(15)4/h5-8H,1,3-4H3/q+1. The zero-order chi connectivity index (χ0) is 16.6. The maximum atomic E-state index is 7.45. The highest BCUT2D eigenvalue weighted by Crippen LogP contribution is 2.44. The van der Waals surface area contributed by atoms with Crippen LogP contribution in [0, 0.1) is 13.5 Å². The van der Waals surface area contributed by atoms with Gasteiger partial charge in [0, 0.05) is 18.5 Å². The van der Waals surface area contributed by atoms with E-state index in [9.17, 15) is 0 Å². The summed E-state index contributed by atoms with van der Waals surface area (Å²) in [6.07, 6.45) is 3.88. The Morgan fingerprint density at radius 1 is 1.38 bits per heavy atom. The highest BCUT2D eigenvalue weighted by atomic mass is 32.1. The molecule has 0 N–H and O–H groups in total. The van der Waals surface area contributed by atoms with Gasteiger partial charge in [0.05, 0.1) is 35.3 Å². The van der Waals surface area contributed by atoms with Gasteiger partial charge in [-0.2, -0.15) is 0 Å². The third kappa shape index (κ3) is 1.47. The van der Waals surface area contributed by atoms with Gasteiger partial charge in [-0.3, -0.25) is 0 Å². The summed E-state index contributed by atoms with van der Waals surface area (Å²) >= 11 is 1.39. The summed E-state index contributed by atoms with van der Waals surface area (Å²) < 4.78 is 10.3. The maximum absolute atomic E-state index is 7.45. The van der Waals surface area contributed by atoms with E-state index in [0.29, 0.717) is 10.6 Å². The zero-order valence-corrected chi connectivity index (χ0v) is 14.2. The molecular formula is C18H13N4OS+. The number of nitrogens with zero attached hydrogens (tertiary/aromatic N) is 4. The molecule has 0 spiro atoms. The Bertz CT molecular complexity index is 1350. The molecule has 116 valence electrons. The molecule has 4 aromatic heterocycles. The average molecular weight is 333 g/mol. The van der Waals surface area contributed by atoms with E-state index in [-0.39, 0.29) is 0 Å². The first-order valence-electron chi connectivity index (χ1n) is 7.55. The van der Waals surface area contributed by atoms with Gasteiger partial charge < -0.3 is 8.98 Å². The third-order valence-corrected chi connectivity index (χ3v) is 5.70. The number of hydrogen-bond acceptors (Lipinski definition) is 3. The van der Waals surface area contributed by atoms with Crippen LogP contribution in [0.4, 0.5) is 5.00 Å². The zero-order valence-electron chi connectivity index (χ0n) is 13.4. The number of aromatic nitrogens is 3. The van der Waals surface area contributed by atoms with E-state index in [1.165, 1.54) is 22.3 Å². The predicted octanol–water partition coefficient (Wildman–Crippen LogP) is 4.37. The average Bonchev–Trinajstić information content (AvgIpc) is 3.12. The molecular weight excluding hydrogens is 320 g/mol. The van der Waals surface area contributed by atoms with Gasteiger partial charge in [-0.25, -0.2) is 14.4 Å². The topological polar surface area (TPSA) is 39.2 Å². The quantitative estimate of drug-likeness (QED) is 0.240. The minimum absolute atomic E-state index is 0.556. The fourth-order valence-corrected chi connectivity index (χ4v) is 4.43.